The number of carbonyl (C=O) groups excluding carboxylic acids is 1. The molecule has 4 heteroatoms. The van der Waals surface area contributed by atoms with E-state index in [4.69, 9.17) is 5.11 Å². The van der Waals surface area contributed by atoms with Crippen LogP contribution in [0, 0.1) is 22.7 Å². The van der Waals surface area contributed by atoms with Crippen molar-refractivity contribution in [3.8, 4) is 0 Å². The molecular formula is C15H25NO3. The first-order valence-corrected chi connectivity index (χ1v) is 7.18. The Morgan fingerprint density at radius 2 is 1.79 bits per heavy atom. The zero-order chi connectivity index (χ0) is 14.4. The van der Waals surface area contributed by atoms with Crippen LogP contribution in [-0.2, 0) is 9.59 Å². The van der Waals surface area contributed by atoms with Crippen molar-refractivity contribution in [3.63, 3.8) is 0 Å². The van der Waals surface area contributed by atoms with Crippen molar-refractivity contribution in [1.29, 1.82) is 0 Å². The molecular weight excluding hydrogens is 242 g/mol. The van der Waals surface area contributed by atoms with Crippen molar-refractivity contribution < 1.29 is 14.7 Å². The molecule has 2 rings (SSSR count). The summed E-state index contributed by atoms with van der Waals surface area (Å²) in [5.41, 5.74) is 0.119. The lowest BCUT2D eigenvalue weighted by Gasteiger charge is -2.32. The summed E-state index contributed by atoms with van der Waals surface area (Å²) in [5.74, 6) is -0.319. The maximum atomic E-state index is 12.6. The number of piperidine rings is 1. The van der Waals surface area contributed by atoms with Gasteiger partial charge in [-0.2, -0.15) is 0 Å². The maximum absolute atomic E-state index is 12.6. The fourth-order valence-corrected chi connectivity index (χ4v) is 3.68. The fraction of sp³-hybridized carbons (Fsp3) is 0.867. The highest BCUT2D eigenvalue weighted by Crippen LogP contribution is 2.68. The smallest absolute Gasteiger partial charge is 0.303 e. The van der Waals surface area contributed by atoms with Crippen molar-refractivity contribution in [2.75, 3.05) is 13.1 Å². The first-order valence-electron chi connectivity index (χ1n) is 7.18. The van der Waals surface area contributed by atoms with Crippen LogP contribution >= 0.6 is 0 Å². The molecule has 1 aliphatic heterocycles. The van der Waals surface area contributed by atoms with Gasteiger partial charge in [-0.25, -0.2) is 0 Å². The largest absolute Gasteiger partial charge is 0.481 e. The zero-order valence-electron chi connectivity index (χ0n) is 12.4. The van der Waals surface area contributed by atoms with Crippen LogP contribution < -0.4 is 0 Å². The lowest BCUT2D eigenvalue weighted by Crippen LogP contribution is -2.42. The molecule has 108 valence electrons. The molecule has 0 aromatic carbocycles. The summed E-state index contributed by atoms with van der Waals surface area (Å²) in [6.45, 7) is 10.00. The maximum Gasteiger partial charge on any atom is 0.303 e. The highest BCUT2D eigenvalue weighted by Gasteiger charge is 2.68. The first kappa shape index (κ1) is 14.4. The van der Waals surface area contributed by atoms with E-state index < -0.39 is 5.97 Å². The van der Waals surface area contributed by atoms with Crippen LogP contribution in [0.2, 0.25) is 0 Å². The third-order valence-electron chi connectivity index (χ3n) is 5.56. The van der Waals surface area contributed by atoms with Gasteiger partial charge in [0.25, 0.3) is 0 Å². The normalized spacial score (nSPS) is 29.1. The van der Waals surface area contributed by atoms with E-state index in [9.17, 15) is 9.59 Å². The number of hydrogen-bond donors (Lipinski definition) is 1. The number of carbonyl (C=O) groups is 2. The van der Waals surface area contributed by atoms with Gasteiger partial charge in [0, 0.05) is 25.4 Å². The third kappa shape index (κ3) is 2.37. The van der Waals surface area contributed by atoms with Crippen LogP contribution in [0.25, 0.3) is 0 Å². The second-order valence-corrected chi connectivity index (χ2v) is 7.27. The highest BCUT2D eigenvalue weighted by molar-refractivity contribution is 5.84. The molecule has 4 nitrogen and oxygen atoms in total. The average molecular weight is 267 g/mol. The Labute approximate surface area is 115 Å². The number of rotatable bonds is 3. The average Bonchev–Trinajstić information content (AvgIpc) is 2.68. The van der Waals surface area contributed by atoms with E-state index in [0.717, 1.165) is 19.4 Å². The number of likely N-dealkylation sites (tertiary alicyclic amines) is 1. The summed E-state index contributed by atoms with van der Waals surface area (Å²) < 4.78 is 0. The van der Waals surface area contributed by atoms with Crippen LogP contribution in [0.5, 0.6) is 0 Å². The molecule has 1 atom stereocenters. The Bertz CT molecular complexity index is 386. The molecule has 1 saturated carbocycles. The molecule has 1 amide bonds. The van der Waals surface area contributed by atoms with Crippen LogP contribution in [0.1, 0.15) is 47.0 Å². The molecule has 1 unspecified atom stereocenters. The predicted octanol–water partition coefficient (Wildman–Crippen LogP) is 2.38. The van der Waals surface area contributed by atoms with Gasteiger partial charge in [0.15, 0.2) is 0 Å². The molecule has 1 saturated heterocycles. The second kappa shape index (κ2) is 4.50. The van der Waals surface area contributed by atoms with Crippen molar-refractivity contribution in [3.05, 3.63) is 0 Å². The molecule has 0 aromatic heterocycles. The molecule has 1 N–H and O–H groups in total. The van der Waals surface area contributed by atoms with Gasteiger partial charge in [0.2, 0.25) is 5.91 Å². The fourth-order valence-electron chi connectivity index (χ4n) is 3.68. The van der Waals surface area contributed by atoms with E-state index >= 15 is 0 Å². The quantitative estimate of drug-likeness (QED) is 0.854. The van der Waals surface area contributed by atoms with E-state index in [1.165, 1.54) is 0 Å². The number of amides is 1. The molecule has 2 fully saturated rings. The first-order chi connectivity index (χ1) is 8.68. The van der Waals surface area contributed by atoms with Gasteiger partial charge in [-0.05, 0) is 29.6 Å². The predicted molar refractivity (Wildman–Crippen MR) is 72.6 cm³/mol. The number of hydrogen-bond acceptors (Lipinski definition) is 2. The minimum atomic E-state index is -0.758. The molecule has 2 aliphatic rings. The summed E-state index contributed by atoms with van der Waals surface area (Å²) in [6, 6.07) is 0. The van der Waals surface area contributed by atoms with Crippen molar-refractivity contribution in [1.82, 2.24) is 4.90 Å². The zero-order valence-corrected chi connectivity index (χ0v) is 12.4. The van der Waals surface area contributed by atoms with Crippen molar-refractivity contribution >= 4 is 11.9 Å². The lowest BCUT2D eigenvalue weighted by molar-refractivity contribution is -0.141. The number of nitrogens with zero attached hydrogens (tertiary/aromatic N) is 1. The van der Waals surface area contributed by atoms with Gasteiger partial charge in [0.05, 0.1) is 0 Å². The molecule has 19 heavy (non-hydrogen) atoms. The Morgan fingerprint density at radius 1 is 1.21 bits per heavy atom. The second-order valence-electron chi connectivity index (χ2n) is 7.27. The van der Waals surface area contributed by atoms with Gasteiger partial charge >= 0.3 is 5.97 Å². The summed E-state index contributed by atoms with van der Waals surface area (Å²) in [7, 11) is 0. The number of carboxylic acid groups (broad SMARTS) is 1. The minimum Gasteiger partial charge on any atom is -0.481 e. The summed E-state index contributed by atoms with van der Waals surface area (Å²) in [4.78, 5) is 25.3. The van der Waals surface area contributed by atoms with E-state index in [1.54, 1.807) is 0 Å². The van der Waals surface area contributed by atoms with E-state index in [1.807, 2.05) is 4.90 Å². The van der Waals surface area contributed by atoms with Crippen LogP contribution in [0.4, 0.5) is 0 Å². The van der Waals surface area contributed by atoms with Crippen LogP contribution in [0.3, 0.4) is 0 Å². The van der Waals surface area contributed by atoms with Gasteiger partial charge in [-0.15, -0.1) is 0 Å². The van der Waals surface area contributed by atoms with Crippen LogP contribution in [0.15, 0.2) is 0 Å². The topological polar surface area (TPSA) is 57.6 Å². The molecule has 1 heterocycles. The Hall–Kier alpha value is -1.06. The monoisotopic (exact) mass is 267 g/mol. The van der Waals surface area contributed by atoms with E-state index in [0.29, 0.717) is 6.54 Å². The molecule has 0 spiro atoms. The molecule has 0 radical (unpaired) electrons. The van der Waals surface area contributed by atoms with E-state index in [-0.39, 0.29) is 35.0 Å². The minimum absolute atomic E-state index is 0.0594. The lowest BCUT2D eigenvalue weighted by atomic mass is 9.94. The molecule has 0 aromatic rings. The van der Waals surface area contributed by atoms with Gasteiger partial charge in [0.1, 0.15) is 0 Å². The van der Waals surface area contributed by atoms with Crippen molar-refractivity contribution in [2.24, 2.45) is 22.7 Å². The van der Waals surface area contributed by atoms with E-state index in [2.05, 4.69) is 27.7 Å². The summed E-state index contributed by atoms with van der Waals surface area (Å²) in [5, 5.41) is 8.87. The van der Waals surface area contributed by atoms with Gasteiger partial charge in [-0.1, -0.05) is 27.7 Å². The van der Waals surface area contributed by atoms with Crippen LogP contribution in [-0.4, -0.2) is 35.0 Å². The van der Waals surface area contributed by atoms with Gasteiger partial charge < -0.3 is 10.0 Å². The molecule has 1 aliphatic carbocycles. The molecule has 0 bridgehead atoms. The summed E-state index contributed by atoms with van der Waals surface area (Å²) >= 11 is 0. The summed E-state index contributed by atoms with van der Waals surface area (Å²) in [6.07, 6.45) is 2.03. The Balaban J connectivity index is 1.99. The van der Waals surface area contributed by atoms with Gasteiger partial charge in [-0.3, -0.25) is 9.59 Å². The highest BCUT2D eigenvalue weighted by atomic mass is 16.4. The van der Waals surface area contributed by atoms with Crippen molar-refractivity contribution in [2.45, 2.75) is 47.0 Å². The standard InChI is InChI=1S/C15H25NO3/c1-14(2)12(15(14,3)4)13(19)16-7-5-6-10(9-16)8-11(17)18/h10,12H,5-9H2,1-4H3,(H,17,18). The SMILES string of the molecule is CC1(C)C(C(=O)N2CCCC(CC(=O)O)C2)C1(C)C. The Kier molecular flexibility index (Phi) is 3.40. The number of carboxylic acids is 1. The number of aliphatic carboxylic acids is 1. The Morgan fingerprint density at radius 3 is 2.26 bits per heavy atom. The third-order valence-corrected chi connectivity index (χ3v) is 5.56.